The van der Waals surface area contributed by atoms with Crippen LogP contribution >= 0.6 is 7.82 Å². The number of carbonyl (C=O) groups excluding carboxylic acids is 2. The minimum atomic E-state index is -4.39. The van der Waals surface area contributed by atoms with Crippen LogP contribution < -0.4 is 5.73 Å². The SMILES string of the molecule is CC/C=C\C/C=C\C/C=C\C/C=C\CCCCCCCCCCCCC(=O)OC(COC(=O)CCCCCCCCCCC/C=C\CCCCCCCCCC)COP(=O)(O)OCCN. The van der Waals surface area contributed by atoms with E-state index in [1.54, 1.807) is 0 Å². The fourth-order valence-electron chi connectivity index (χ4n) is 7.45. The zero-order valence-corrected chi connectivity index (χ0v) is 42.9. The van der Waals surface area contributed by atoms with Gasteiger partial charge in [0, 0.05) is 19.4 Å². The average molecular weight is 934 g/mol. The van der Waals surface area contributed by atoms with Crippen molar-refractivity contribution in [3.8, 4) is 0 Å². The molecule has 0 radical (unpaired) electrons. The molecule has 0 aromatic rings. The Labute approximate surface area is 399 Å². The summed E-state index contributed by atoms with van der Waals surface area (Å²) in [5.41, 5.74) is 5.37. The van der Waals surface area contributed by atoms with E-state index in [4.69, 9.17) is 24.3 Å². The molecule has 0 amide bonds. The van der Waals surface area contributed by atoms with Gasteiger partial charge in [0.2, 0.25) is 0 Å². The first-order valence-corrected chi connectivity index (χ1v) is 28.3. The minimum Gasteiger partial charge on any atom is -0.462 e. The topological polar surface area (TPSA) is 134 Å². The maximum Gasteiger partial charge on any atom is 0.472 e. The van der Waals surface area contributed by atoms with E-state index in [1.807, 2.05) is 0 Å². The van der Waals surface area contributed by atoms with Gasteiger partial charge in [-0.05, 0) is 77.0 Å². The van der Waals surface area contributed by atoms with Crippen LogP contribution in [0.4, 0.5) is 0 Å². The second-order valence-electron chi connectivity index (χ2n) is 17.7. The lowest BCUT2D eigenvalue weighted by atomic mass is 10.0. The number of ether oxygens (including phenoxy) is 2. The lowest BCUT2D eigenvalue weighted by molar-refractivity contribution is -0.161. The third-order valence-electron chi connectivity index (χ3n) is 11.4. The normalized spacial score (nSPS) is 13.6. The molecule has 0 heterocycles. The molecule has 0 bridgehead atoms. The number of hydrogen-bond acceptors (Lipinski definition) is 8. The van der Waals surface area contributed by atoms with Crippen LogP contribution in [0.5, 0.6) is 0 Å². The zero-order valence-electron chi connectivity index (χ0n) is 42.0. The van der Waals surface area contributed by atoms with Gasteiger partial charge in [-0.3, -0.25) is 18.6 Å². The molecule has 0 fully saturated rings. The second kappa shape index (κ2) is 51.1. The molecule has 0 aliphatic carbocycles. The van der Waals surface area contributed by atoms with Gasteiger partial charge in [0.1, 0.15) is 6.61 Å². The monoisotopic (exact) mass is 934 g/mol. The lowest BCUT2D eigenvalue weighted by Crippen LogP contribution is -2.29. The van der Waals surface area contributed by atoms with Gasteiger partial charge in [-0.25, -0.2) is 4.57 Å². The van der Waals surface area contributed by atoms with Gasteiger partial charge >= 0.3 is 19.8 Å². The average Bonchev–Trinajstić information content (AvgIpc) is 3.30. The second-order valence-corrected chi connectivity index (χ2v) is 19.2. The van der Waals surface area contributed by atoms with Crippen LogP contribution in [0.25, 0.3) is 0 Å². The van der Waals surface area contributed by atoms with Gasteiger partial charge in [-0.1, -0.05) is 216 Å². The third-order valence-corrected chi connectivity index (χ3v) is 12.4. The number of esters is 2. The summed E-state index contributed by atoms with van der Waals surface area (Å²) >= 11 is 0. The van der Waals surface area contributed by atoms with Gasteiger partial charge in [0.05, 0.1) is 13.2 Å². The Morgan fingerprint density at radius 3 is 1.28 bits per heavy atom. The smallest absolute Gasteiger partial charge is 0.462 e. The summed E-state index contributed by atoms with van der Waals surface area (Å²) in [5.74, 6) is -0.831. The predicted octanol–water partition coefficient (Wildman–Crippen LogP) is 16.4. The van der Waals surface area contributed by atoms with Crippen LogP contribution in [0.15, 0.2) is 60.8 Å². The highest BCUT2D eigenvalue weighted by atomic mass is 31.2. The fraction of sp³-hybridized carbons (Fsp3) is 0.782. The summed E-state index contributed by atoms with van der Waals surface area (Å²) in [7, 11) is -4.39. The van der Waals surface area contributed by atoms with Gasteiger partial charge in [0.15, 0.2) is 6.10 Å². The number of hydrogen-bond donors (Lipinski definition) is 2. The highest BCUT2D eigenvalue weighted by Gasteiger charge is 2.26. The third kappa shape index (κ3) is 51.0. The number of nitrogens with two attached hydrogens (primary N) is 1. The van der Waals surface area contributed by atoms with Crippen molar-refractivity contribution in [2.75, 3.05) is 26.4 Å². The molecule has 0 saturated heterocycles. The van der Waals surface area contributed by atoms with Gasteiger partial charge in [-0.15, -0.1) is 0 Å². The summed E-state index contributed by atoms with van der Waals surface area (Å²) < 4.78 is 33.0. The van der Waals surface area contributed by atoms with Crippen molar-refractivity contribution >= 4 is 19.8 Å². The van der Waals surface area contributed by atoms with Crippen LogP contribution in [0.1, 0.15) is 245 Å². The van der Waals surface area contributed by atoms with E-state index < -0.39 is 26.5 Å². The summed E-state index contributed by atoms with van der Waals surface area (Å²) in [6, 6.07) is 0. The Morgan fingerprint density at radius 2 is 0.846 bits per heavy atom. The number of rotatable bonds is 50. The maximum atomic E-state index is 12.7. The van der Waals surface area contributed by atoms with E-state index in [-0.39, 0.29) is 38.6 Å². The predicted molar refractivity (Wildman–Crippen MR) is 275 cm³/mol. The number of unbranched alkanes of at least 4 members (excludes halogenated alkanes) is 27. The molecule has 9 nitrogen and oxygen atoms in total. The number of carbonyl (C=O) groups is 2. The van der Waals surface area contributed by atoms with Crippen molar-refractivity contribution < 1.29 is 37.6 Å². The molecule has 0 aliphatic heterocycles. The Bertz CT molecular complexity index is 1250. The van der Waals surface area contributed by atoms with Crippen molar-refractivity contribution in [1.82, 2.24) is 0 Å². The van der Waals surface area contributed by atoms with Crippen LogP contribution in [0, 0.1) is 0 Å². The summed E-state index contributed by atoms with van der Waals surface area (Å²) in [6.07, 6.45) is 62.6. The summed E-state index contributed by atoms with van der Waals surface area (Å²) in [6.45, 7) is 3.64. The van der Waals surface area contributed by atoms with E-state index in [1.165, 1.54) is 141 Å². The highest BCUT2D eigenvalue weighted by Crippen LogP contribution is 2.43. The van der Waals surface area contributed by atoms with Crippen LogP contribution in [-0.4, -0.2) is 49.3 Å². The van der Waals surface area contributed by atoms with E-state index >= 15 is 0 Å². The van der Waals surface area contributed by atoms with E-state index in [9.17, 15) is 19.0 Å². The minimum absolute atomic E-state index is 0.0508. The molecule has 0 aromatic carbocycles. The van der Waals surface area contributed by atoms with Crippen molar-refractivity contribution in [3.63, 3.8) is 0 Å². The van der Waals surface area contributed by atoms with E-state index in [0.717, 1.165) is 70.6 Å². The first-order valence-electron chi connectivity index (χ1n) is 26.8. The molecule has 0 rings (SSSR count). The molecule has 10 heteroatoms. The molecule has 0 saturated carbocycles. The van der Waals surface area contributed by atoms with Crippen LogP contribution in [0.2, 0.25) is 0 Å². The molecule has 2 unspecified atom stereocenters. The molecular formula is C55H100NO8P. The Balaban J connectivity index is 4.03. The molecule has 0 aliphatic rings. The molecule has 0 aromatic heterocycles. The number of phosphoric ester groups is 1. The van der Waals surface area contributed by atoms with Crippen molar-refractivity contribution in [1.29, 1.82) is 0 Å². The molecule has 2 atom stereocenters. The van der Waals surface area contributed by atoms with Crippen molar-refractivity contribution in [3.05, 3.63) is 60.8 Å². The van der Waals surface area contributed by atoms with Gasteiger partial charge in [-0.2, -0.15) is 0 Å². The molecule has 3 N–H and O–H groups in total. The summed E-state index contributed by atoms with van der Waals surface area (Å²) in [4.78, 5) is 35.1. The van der Waals surface area contributed by atoms with Gasteiger partial charge in [0.25, 0.3) is 0 Å². The summed E-state index contributed by atoms with van der Waals surface area (Å²) in [5, 5.41) is 0. The van der Waals surface area contributed by atoms with E-state index in [0.29, 0.717) is 6.42 Å². The largest absolute Gasteiger partial charge is 0.472 e. The first-order chi connectivity index (χ1) is 31.8. The van der Waals surface area contributed by atoms with Crippen LogP contribution in [-0.2, 0) is 32.7 Å². The van der Waals surface area contributed by atoms with Crippen molar-refractivity contribution in [2.45, 2.75) is 251 Å². The number of phosphoric acid groups is 1. The fourth-order valence-corrected chi connectivity index (χ4v) is 8.21. The maximum absolute atomic E-state index is 12.7. The first kappa shape index (κ1) is 62.7. The van der Waals surface area contributed by atoms with Crippen molar-refractivity contribution in [2.24, 2.45) is 5.73 Å². The highest BCUT2D eigenvalue weighted by molar-refractivity contribution is 7.47. The number of allylic oxidation sites excluding steroid dienone is 10. The van der Waals surface area contributed by atoms with Crippen LogP contribution in [0.3, 0.4) is 0 Å². The Kier molecular flexibility index (Phi) is 49.3. The molecule has 65 heavy (non-hydrogen) atoms. The quantitative estimate of drug-likeness (QED) is 0.0265. The Hall–Kier alpha value is -2.29. The van der Waals surface area contributed by atoms with Gasteiger partial charge < -0.3 is 20.1 Å². The van der Waals surface area contributed by atoms with E-state index in [2.05, 4.69) is 74.6 Å². The molecule has 378 valence electrons. The zero-order chi connectivity index (χ0) is 47.4. The molecular weight excluding hydrogens is 834 g/mol. The Morgan fingerprint density at radius 1 is 0.477 bits per heavy atom. The molecule has 0 spiro atoms. The lowest BCUT2D eigenvalue weighted by Gasteiger charge is -2.19. The standard InChI is InChI=1S/C55H100NO8P/c1-3-5-7-9-11-13-15-17-19-21-23-25-26-28-30-32-34-36-38-40-42-44-46-48-55(58)64-53(52-63-65(59,60)62-50-49-56)51-61-54(57)47-45-43-41-39-37-35-33-31-29-27-24-22-20-18-16-14-12-10-8-6-4-2/h5,7,11,13,17,19,22-25,53H,3-4,6,8-10,12,14-16,18,20-21,26-52,56H2,1-2H3,(H,59,60)/b7-5-,13-11-,19-17-,24-22-,25-23-.